The fourth-order valence-corrected chi connectivity index (χ4v) is 4.54. The van der Waals surface area contributed by atoms with Crippen molar-refractivity contribution in [3.63, 3.8) is 0 Å². The van der Waals surface area contributed by atoms with Crippen molar-refractivity contribution in [2.45, 2.75) is 6.61 Å². The summed E-state index contributed by atoms with van der Waals surface area (Å²) in [5, 5.41) is 9.12. The molecule has 0 radical (unpaired) electrons. The van der Waals surface area contributed by atoms with Crippen LogP contribution in [0.3, 0.4) is 0 Å². The molecule has 3 aromatic carbocycles. The van der Waals surface area contributed by atoms with Crippen LogP contribution < -0.4 is 9.64 Å². The van der Waals surface area contributed by atoms with Gasteiger partial charge in [-0.25, -0.2) is 9.69 Å². The fourth-order valence-electron chi connectivity index (χ4n) is 3.06. The van der Waals surface area contributed by atoms with Crippen molar-refractivity contribution in [3.8, 4) is 5.75 Å². The predicted molar refractivity (Wildman–Crippen MR) is 132 cm³/mol. The predicted octanol–water partition coefficient (Wildman–Crippen LogP) is 6.62. The van der Waals surface area contributed by atoms with E-state index in [1.54, 1.807) is 60.7 Å². The molecule has 6 nitrogen and oxygen atoms in total. The summed E-state index contributed by atoms with van der Waals surface area (Å²) in [6.45, 7) is 0.262. The van der Waals surface area contributed by atoms with Crippen LogP contribution in [-0.4, -0.2) is 22.2 Å². The molecular formula is C24H15BrClNO5S. The van der Waals surface area contributed by atoms with Crippen LogP contribution in [0.4, 0.5) is 10.5 Å². The van der Waals surface area contributed by atoms with Gasteiger partial charge in [0.25, 0.3) is 11.1 Å². The molecule has 0 aliphatic carbocycles. The number of benzene rings is 3. The lowest BCUT2D eigenvalue weighted by molar-refractivity contribution is -0.113. The van der Waals surface area contributed by atoms with E-state index in [1.807, 2.05) is 0 Å². The normalized spacial score (nSPS) is 14.7. The number of carboxylic acids is 1. The third-order valence-electron chi connectivity index (χ3n) is 4.73. The van der Waals surface area contributed by atoms with Crippen molar-refractivity contribution in [3.05, 3.63) is 97.8 Å². The van der Waals surface area contributed by atoms with Crippen LogP contribution in [0.5, 0.6) is 5.75 Å². The molecule has 0 unspecified atom stereocenters. The van der Waals surface area contributed by atoms with E-state index in [2.05, 4.69) is 15.9 Å². The Hall–Kier alpha value is -3.07. The lowest BCUT2D eigenvalue weighted by Crippen LogP contribution is -2.27. The van der Waals surface area contributed by atoms with Gasteiger partial charge in [0.15, 0.2) is 0 Å². The molecule has 0 atom stereocenters. The summed E-state index contributed by atoms with van der Waals surface area (Å²) in [5.74, 6) is -0.788. The number of imide groups is 1. The van der Waals surface area contributed by atoms with Gasteiger partial charge >= 0.3 is 5.97 Å². The van der Waals surface area contributed by atoms with Gasteiger partial charge in [-0.1, -0.05) is 29.8 Å². The average molecular weight is 545 g/mol. The van der Waals surface area contributed by atoms with Gasteiger partial charge in [-0.3, -0.25) is 9.59 Å². The van der Waals surface area contributed by atoms with Crippen molar-refractivity contribution in [1.29, 1.82) is 0 Å². The number of halogens is 2. The number of rotatable bonds is 6. The van der Waals surface area contributed by atoms with Crippen LogP contribution in [0.15, 0.2) is 76.1 Å². The van der Waals surface area contributed by atoms with E-state index in [0.717, 1.165) is 27.8 Å². The highest BCUT2D eigenvalue weighted by Gasteiger charge is 2.36. The molecule has 0 saturated carbocycles. The summed E-state index contributed by atoms with van der Waals surface area (Å²) in [7, 11) is 0. The number of nitrogens with zero attached hydrogens (tertiary/aromatic N) is 1. The highest BCUT2D eigenvalue weighted by Crippen LogP contribution is 2.37. The van der Waals surface area contributed by atoms with E-state index < -0.39 is 11.9 Å². The molecule has 1 fully saturated rings. The van der Waals surface area contributed by atoms with Crippen LogP contribution >= 0.6 is 39.3 Å². The molecule has 9 heteroatoms. The summed E-state index contributed by atoms with van der Waals surface area (Å²) in [6.07, 6.45) is 1.65. The van der Waals surface area contributed by atoms with E-state index in [1.165, 1.54) is 12.1 Å². The van der Waals surface area contributed by atoms with Crippen molar-refractivity contribution >= 4 is 68.2 Å². The Labute approximate surface area is 206 Å². The van der Waals surface area contributed by atoms with Gasteiger partial charge in [-0.2, -0.15) is 0 Å². The molecule has 2 amide bonds. The lowest BCUT2D eigenvalue weighted by Gasteiger charge is -2.12. The number of carbonyl (C=O) groups is 3. The zero-order valence-electron chi connectivity index (χ0n) is 16.8. The van der Waals surface area contributed by atoms with Crippen LogP contribution in [0.2, 0.25) is 5.02 Å². The molecule has 1 aliphatic heterocycles. The third kappa shape index (κ3) is 5.30. The number of carboxylic acid groups (broad SMARTS) is 1. The number of hydrogen-bond donors (Lipinski definition) is 1. The summed E-state index contributed by atoms with van der Waals surface area (Å²) >= 11 is 10.2. The summed E-state index contributed by atoms with van der Waals surface area (Å²) in [6, 6.07) is 18.3. The largest absolute Gasteiger partial charge is 0.488 e. The number of anilines is 1. The molecule has 4 rings (SSSR count). The van der Waals surface area contributed by atoms with Crippen LogP contribution in [-0.2, 0) is 11.4 Å². The molecule has 0 aromatic heterocycles. The summed E-state index contributed by atoms with van der Waals surface area (Å²) < 4.78 is 6.49. The van der Waals surface area contributed by atoms with Crippen molar-refractivity contribution < 1.29 is 24.2 Å². The van der Waals surface area contributed by atoms with Gasteiger partial charge in [0.1, 0.15) is 12.4 Å². The molecule has 0 spiro atoms. The first kappa shape index (κ1) is 23.1. The molecule has 1 aliphatic rings. The maximum atomic E-state index is 12.8. The Morgan fingerprint density at radius 1 is 1.06 bits per heavy atom. The Bertz CT molecular complexity index is 1280. The van der Waals surface area contributed by atoms with Crippen molar-refractivity contribution in [2.75, 3.05) is 4.90 Å². The SMILES string of the molecule is O=C(O)c1ccc(COc2ccc(/C=C3/SC(=O)N(c4ccc(Cl)cc4)C3=O)cc2Br)cc1. The first-order chi connectivity index (χ1) is 15.8. The van der Waals surface area contributed by atoms with Crippen molar-refractivity contribution in [2.24, 2.45) is 0 Å². The molecule has 1 heterocycles. The maximum Gasteiger partial charge on any atom is 0.335 e. The van der Waals surface area contributed by atoms with Crippen LogP contribution in [0, 0.1) is 0 Å². The van der Waals surface area contributed by atoms with Gasteiger partial charge in [0.2, 0.25) is 0 Å². The monoisotopic (exact) mass is 543 g/mol. The molecule has 1 N–H and O–H groups in total. The van der Waals surface area contributed by atoms with E-state index in [9.17, 15) is 14.4 Å². The standard InChI is InChI=1S/C24H15BrClNO5S/c25-19-11-15(3-10-20(19)32-13-14-1-4-16(5-2-14)23(29)30)12-21-22(28)27(24(31)33-21)18-8-6-17(26)7-9-18/h1-12H,13H2,(H,29,30)/b21-12+. The van der Waals surface area contributed by atoms with E-state index in [4.69, 9.17) is 21.4 Å². The number of hydrogen-bond acceptors (Lipinski definition) is 5. The maximum absolute atomic E-state index is 12.8. The molecular weight excluding hydrogens is 530 g/mol. The van der Waals surface area contributed by atoms with Gasteiger partial charge in [-0.15, -0.1) is 0 Å². The number of carbonyl (C=O) groups excluding carboxylic acids is 2. The Morgan fingerprint density at radius 3 is 2.39 bits per heavy atom. The zero-order chi connectivity index (χ0) is 23.5. The summed E-state index contributed by atoms with van der Waals surface area (Å²) in [5.41, 5.74) is 2.23. The Balaban J connectivity index is 1.46. The minimum absolute atomic E-state index is 0.213. The van der Waals surface area contributed by atoms with Gasteiger partial charge < -0.3 is 9.84 Å². The second kappa shape index (κ2) is 9.82. The van der Waals surface area contributed by atoms with Crippen LogP contribution in [0.25, 0.3) is 6.08 Å². The van der Waals surface area contributed by atoms with E-state index >= 15 is 0 Å². The number of aromatic carboxylic acids is 1. The zero-order valence-corrected chi connectivity index (χ0v) is 20.0. The molecule has 166 valence electrons. The lowest BCUT2D eigenvalue weighted by atomic mass is 10.1. The number of ether oxygens (including phenoxy) is 1. The first-order valence-corrected chi connectivity index (χ1v) is 11.6. The average Bonchev–Trinajstić information content (AvgIpc) is 3.07. The Morgan fingerprint density at radius 2 is 1.76 bits per heavy atom. The second-order valence-electron chi connectivity index (χ2n) is 6.97. The number of thioether (sulfide) groups is 1. The highest BCUT2D eigenvalue weighted by atomic mass is 79.9. The van der Waals surface area contributed by atoms with Gasteiger partial charge in [0.05, 0.1) is 20.6 Å². The third-order valence-corrected chi connectivity index (χ3v) is 6.47. The number of amides is 2. The topological polar surface area (TPSA) is 83.9 Å². The van der Waals surface area contributed by atoms with Crippen LogP contribution in [0.1, 0.15) is 21.5 Å². The molecule has 33 heavy (non-hydrogen) atoms. The summed E-state index contributed by atoms with van der Waals surface area (Å²) in [4.78, 5) is 37.6. The first-order valence-electron chi connectivity index (χ1n) is 9.60. The van der Waals surface area contributed by atoms with Crippen molar-refractivity contribution in [1.82, 2.24) is 0 Å². The smallest absolute Gasteiger partial charge is 0.335 e. The minimum Gasteiger partial charge on any atom is -0.488 e. The fraction of sp³-hybridized carbons (Fsp3) is 0.0417. The quantitative estimate of drug-likeness (QED) is 0.351. The Kier molecular flexibility index (Phi) is 6.88. The molecule has 0 bridgehead atoms. The molecule has 3 aromatic rings. The molecule has 1 saturated heterocycles. The minimum atomic E-state index is -0.980. The second-order valence-corrected chi connectivity index (χ2v) is 9.26. The van der Waals surface area contributed by atoms with E-state index in [0.29, 0.717) is 25.8 Å². The highest BCUT2D eigenvalue weighted by molar-refractivity contribution is 9.10. The van der Waals surface area contributed by atoms with Gasteiger partial charge in [0, 0.05) is 5.02 Å². The van der Waals surface area contributed by atoms with Gasteiger partial charge in [-0.05, 0) is 93.4 Å². The van der Waals surface area contributed by atoms with E-state index in [-0.39, 0.29) is 17.4 Å².